The Kier molecular flexibility index (Phi) is 1.05. The van der Waals surface area contributed by atoms with Crippen molar-refractivity contribution in [2.24, 2.45) is 5.41 Å². The predicted molar refractivity (Wildman–Crippen MR) is 41.9 cm³/mol. The van der Waals surface area contributed by atoms with Gasteiger partial charge in [-0.05, 0) is 31.7 Å². The Labute approximate surface area is 64.3 Å². The summed E-state index contributed by atoms with van der Waals surface area (Å²) in [4.78, 5) is 0. The van der Waals surface area contributed by atoms with Crippen molar-refractivity contribution >= 4 is 15.9 Å². The maximum absolute atomic E-state index is 3.55. The van der Waals surface area contributed by atoms with Crippen LogP contribution >= 0.6 is 15.9 Å². The molecule has 0 aromatic heterocycles. The summed E-state index contributed by atoms with van der Waals surface area (Å²) in [6.45, 7) is 0. The fourth-order valence-electron chi connectivity index (χ4n) is 2.41. The van der Waals surface area contributed by atoms with Crippen LogP contribution in [0.5, 0.6) is 0 Å². The number of hydrogen-bond donors (Lipinski definition) is 1. The lowest BCUT2D eigenvalue weighted by Gasteiger charge is -2.70. The molecule has 0 atom stereocenters. The Balaban J connectivity index is 1.96. The molecule has 1 nitrogen and oxygen atoms in total. The standard InChI is InChI=1S/C7H12BrN/c1-9-7-2-6(3-7,4-7)5-8/h9H,2-5H2,1H3. The highest BCUT2D eigenvalue weighted by molar-refractivity contribution is 9.09. The first kappa shape index (κ1) is 6.17. The molecule has 0 amide bonds. The summed E-state index contributed by atoms with van der Waals surface area (Å²) in [5.41, 5.74) is 1.32. The van der Waals surface area contributed by atoms with Crippen molar-refractivity contribution in [3.05, 3.63) is 0 Å². The number of nitrogens with one attached hydrogen (secondary N) is 1. The third-order valence-electron chi connectivity index (χ3n) is 2.95. The van der Waals surface area contributed by atoms with E-state index in [0.29, 0.717) is 5.54 Å². The molecule has 0 unspecified atom stereocenters. The Bertz CT molecular complexity index is 110. The van der Waals surface area contributed by atoms with Gasteiger partial charge in [-0.3, -0.25) is 0 Å². The predicted octanol–water partition coefficient (Wildman–Crippen LogP) is 1.52. The Morgan fingerprint density at radius 1 is 1.44 bits per heavy atom. The van der Waals surface area contributed by atoms with Gasteiger partial charge in [-0.15, -0.1) is 0 Å². The van der Waals surface area contributed by atoms with Crippen molar-refractivity contribution in [1.29, 1.82) is 0 Å². The zero-order valence-electron chi connectivity index (χ0n) is 5.71. The van der Waals surface area contributed by atoms with Gasteiger partial charge in [-0.25, -0.2) is 0 Å². The van der Waals surface area contributed by atoms with Gasteiger partial charge in [0, 0.05) is 10.9 Å². The Hall–Kier alpha value is 0.440. The van der Waals surface area contributed by atoms with Crippen molar-refractivity contribution in [1.82, 2.24) is 5.32 Å². The van der Waals surface area contributed by atoms with Crippen LogP contribution in [0.2, 0.25) is 0 Å². The van der Waals surface area contributed by atoms with E-state index in [1.54, 1.807) is 0 Å². The lowest BCUT2D eigenvalue weighted by atomic mass is 9.40. The fourth-order valence-corrected chi connectivity index (χ4v) is 3.00. The maximum Gasteiger partial charge on any atom is 0.0195 e. The minimum atomic E-state index is 0.591. The second-order valence-electron chi connectivity index (χ2n) is 3.69. The monoisotopic (exact) mass is 189 g/mol. The molecule has 0 aliphatic heterocycles. The minimum absolute atomic E-state index is 0.591. The van der Waals surface area contributed by atoms with Crippen molar-refractivity contribution in [2.75, 3.05) is 12.4 Å². The van der Waals surface area contributed by atoms with Gasteiger partial charge >= 0.3 is 0 Å². The van der Waals surface area contributed by atoms with Crippen LogP contribution in [0.25, 0.3) is 0 Å². The van der Waals surface area contributed by atoms with E-state index >= 15 is 0 Å². The molecule has 0 radical (unpaired) electrons. The first-order chi connectivity index (χ1) is 4.24. The molecular weight excluding hydrogens is 178 g/mol. The van der Waals surface area contributed by atoms with Crippen molar-refractivity contribution < 1.29 is 0 Å². The molecule has 2 heteroatoms. The molecule has 3 saturated carbocycles. The van der Waals surface area contributed by atoms with Gasteiger partial charge in [0.1, 0.15) is 0 Å². The lowest BCUT2D eigenvalue weighted by molar-refractivity contribution is -0.131. The topological polar surface area (TPSA) is 12.0 Å². The van der Waals surface area contributed by atoms with Crippen molar-refractivity contribution in [2.45, 2.75) is 24.8 Å². The second-order valence-corrected chi connectivity index (χ2v) is 4.26. The summed E-state index contributed by atoms with van der Waals surface area (Å²) in [5, 5.41) is 4.59. The van der Waals surface area contributed by atoms with Crippen molar-refractivity contribution in [3.63, 3.8) is 0 Å². The molecule has 3 fully saturated rings. The number of rotatable bonds is 2. The molecule has 0 spiro atoms. The molecule has 0 aromatic carbocycles. The van der Waals surface area contributed by atoms with Gasteiger partial charge in [-0.1, -0.05) is 15.9 Å². The van der Waals surface area contributed by atoms with E-state index in [9.17, 15) is 0 Å². The lowest BCUT2D eigenvalue weighted by Crippen LogP contribution is -2.73. The summed E-state index contributed by atoms with van der Waals surface area (Å²) in [6.07, 6.45) is 4.21. The molecule has 0 heterocycles. The third kappa shape index (κ3) is 0.586. The summed E-state index contributed by atoms with van der Waals surface area (Å²) < 4.78 is 0. The zero-order valence-corrected chi connectivity index (χ0v) is 7.29. The smallest absolute Gasteiger partial charge is 0.0195 e. The molecule has 3 aliphatic rings. The Morgan fingerprint density at radius 3 is 2.33 bits per heavy atom. The summed E-state index contributed by atoms with van der Waals surface area (Å²) in [6, 6.07) is 0. The van der Waals surface area contributed by atoms with E-state index in [-0.39, 0.29) is 0 Å². The van der Waals surface area contributed by atoms with Crippen LogP contribution in [-0.2, 0) is 0 Å². The highest BCUT2D eigenvalue weighted by atomic mass is 79.9. The second kappa shape index (κ2) is 1.54. The molecule has 3 rings (SSSR count). The molecule has 52 valence electrons. The van der Waals surface area contributed by atoms with E-state index in [4.69, 9.17) is 0 Å². The van der Waals surface area contributed by atoms with Crippen LogP contribution in [0.4, 0.5) is 0 Å². The summed E-state index contributed by atoms with van der Waals surface area (Å²) >= 11 is 3.55. The van der Waals surface area contributed by atoms with Gasteiger partial charge in [0.25, 0.3) is 0 Å². The Morgan fingerprint density at radius 2 is 2.00 bits per heavy atom. The SMILES string of the molecule is CNC12CC(CBr)(C1)C2. The van der Waals surface area contributed by atoms with Crippen LogP contribution < -0.4 is 5.32 Å². The van der Waals surface area contributed by atoms with E-state index < -0.39 is 0 Å². The van der Waals surface area contributed by atoms with E-state index in [1.807, 2.05) is 0 Å². The minimum Gasteiger partial charge on any atom is -0.314 e. The third-order valence-corrected chi connectivity index (χ3v) is 4.14. The highest BCUT2D eigenvalue weighted by Crippen LogP contribution is 2.67. The van der Waals surface area contributed by atoms with Crippen LogP contribution in [0.1, 0.15) is 19.3 Å². The zero-order chi connectivity index (χ0) is 6.54. The van der Waals surface area contributed by atoms with Crippen LogP contribution in [0, 0.1) is 5.41 Å². The molecule has 0 saturated heterocycles. The van der Waals surface area contributed by atoms with Crippen LogP contribution in [-0.4, -0.2) is 17.9 Å². The van der Waals surface area contributed by atoms with Gasteiger partial charge in [-0.2, -0.15) is 0 Å². The van der Waals surface area contributed by atoms with Crippen molar-refractivity contribution in [3.8, 4) is 0 Å². The number of alkyl halides is 1. The van der Waals surface area contributed by atoms with Crippen LogP contribution in [0.15, 0.2) is 0 Å². The molecule has 9 heavy (non-hydrogen) atoms. The largest absolute Gasteiger partial charge is 0.314 e. The molecule has 2 bridgehead atoms. The molecular formula is C7H12BrN. The fraction of sp³-hybridized carbons (Fsp3) is 1.00. The summed E-state index contributed by atoms with van der Waals surface area (Å²) in [7, 11) is 2.08. The first-order valence-electron chi connectivity index (χ1n) is 3.49. The average Bonchev–Trinajstić information content (AvgIpc) is 1.62. The van der Waals surface area contributed by atoms with Gasteiger partial charge in [0.05, 0.1) is 0 Å². The van der Waals surface area contributed by atoms with Gasteiger partial charge in [0.2, 0.25) is 0 Å². The maximum atomic E-state index is 3.55. The molecule has 0 aromatic rings. The quantitative estimate of drug-likeness (QED) is 0.651. The highest BCUT2D eigenvalue weighted by Gasteiger charge is 2.66. The van der Waals surface area contributed by atoms with Gasteiger partial charge < -0.3 is 5.32 Å². The summed E-state index contributed by atoms with van der Waals surface area (Å²) in [5.74, 6) is 0. The molecule has 1 N–H and O–H groups in total. The van der Waals surface area contributed by atoms with Gasteiger partial charge in [0.15, 0.2) is 0 Å². The van der Waals surface area contributed by atoms with Crippen LogP contribution in [0.3, 0.4) is 0 Å². The average molecular weight is 190 g/mol. The van der Waals surface area contributed by atoms with E-state index in [1.165, 1.54) is 24.6 Å². The number of halogens is 1. The van der Waals surface area contributed by atoms with E-state index in [2.05, 4.69) is 28.3 Å². The van der Waals surface area contributed by atoms with E-state index in [0.717, 1.165) is 5.41 Å². The number of hydrogen-bond acceptors (Lipinski definition) is 1. The molecule has 3 aliphatic carbocycles. The normalized spacial score (nSPS) is 54.0. The first-order valence-corrected chi connectivity index (χ1v) is 4.61.